The van der Waals surface area contributed by atoms with Crippen LogP contribution in [0, 0.1) is 0 Å². The summed E-state index contributed by atoms with van der Waals surface area (Å²) in [4.78, 5) is 4.55. The molecule has 0 amide bonds. The number of benzene rings is 1. The van der Waals surface area contributed by atoms with E-state index in [0.717, 1.165) is 23.0 Å². The van der Waals surface area contributed by atoms with Crippen LogP contribution in [0.3, 0.4) is 0 Å². The summed E-state index contributed by atoms with van der Waals surface area (Å²) in [5, 5.41) is 7.22. The molecule has 0 spiro atoms. The fourth-order valence-corrected chi connectivity index (χ4v) is 2.62. The smallest absolute Gasteiger partial charge is 0.140 e. The number of rotatable bonds is 6. The second kappa shape index (κ2) is 5.90. The number of nitrogens with one attached hydrogen (secondary N) is 1. The first kappa shape index (κ1) is 12.9. The first-order valence-electron chi connectivity index (χ1n) is 6.34. The van der Waals surface area contributed by atoms with Gasteiger partial charge in [0.25, 0.3) is 0 Å². The van der Waals surface area contributed by atoms with E-state index in [1.807, 2.05) is 24.3 Å². The summed E-state index contributed by atoms with van der Waals surface area (Å²) in [6.07, 6.45) is 2.60. The highest BCUT2D eigenvalue weighted by molar-refractivity contribution is 7.09. The fraction of sp³-hybridized carbons (Fsp3) is 0.357. The Bertz CT molecular complexity index is 554. The number of hydrogen-bond acceptors (Lipinski definition) is 4. The van der Waals surface area contributed by atoms with E-state index in [0.29, 0.717) is 17.7 Å². The molecule has 19 heavy (non-hydrogen) atoms. The lowest BCUT2D eigenvalue weighted by Gasteiger charge is -2.03. The Hall–Kier alpha value is -1.10. The van der Waals surface area contributed by atoms with E-state index >= 15 is 0 Å². The summed E-state index contributed by atoms with van der Waals surface area (Å²) in [5.41, 5.74) is 1.10. The van der Waals surface area contributed by atoms with Crippen molar-refractivity contribution in [3.63, 3.8) is 0 Å². The Kier molecular flexibility index (Phi) is 4.01. The number of ether oxygens (including phenoxy) is 1. The van der Waals surface area contributed by atoms with Gasteiger partial charge in [-0.3, -0.25) is 0 Å². The van der Waals surface area contributed by atoms with Gasteiger partial charge in [-0.15, -0.1) is 11.3 Å². The number of thiazole rings is 1. The van der Waals surface area contributed by atoms with Crippen molar-refractivity contribution in [3.8, 4) is 5.75 Å². The summed E-state index contributed by atoms with van der Waals surface area (Å²) in [5.74, 6) is 0.778. The highest BCUT2D eigenvalue weighted by atomic mass is 35.5. The molecule has 1 fully saturated rings. The van der Waals surface area contributed by atoms with Crippen LogP contribution in [-0.4, -0.2) is 11.0 Å². The topological polar surface area (TPSA) is 34.1 Å². The average Bonchev–Trinajstić information content (AvgIpc) is 3.13. The lowest BCUT2D eigenvalue weighted by Crippen LogP contribution is -2.15. The lowest BCUT2D eigenvalue weighted by molar-refractivity contribution is 0.305. The number of halogens is 1. The Morgan fingerprint density at radius 3 is 3.11 bits per heavy atom. The van der Waals surface area contributed by atoms with Crippen molar-refractivity contribution < 1.29 is 4.74 Å². The zero-order valence-corrected chi connectivity index (χ0v) is 12.0. The van der Waals surface area contributed by atoms with Crippen molar-refractivity contribution in [1.29, 1.82) is 0 Å². The molecule has 1 aromatic heterocycles. The van der Waals surface area contributed by atoms with Crippen LogP contribution in [0.1, 0.15) is 23.5 Å². The van der Waals surface area contributed by atoms with Crippen LogP contribution >= 0.6 is 22.9 Å². The minimum atomic E-state index is 0.494. The minimum Gasteiger partial charge on any atom is -0.486 e. The maximum atomic E-state index is 5.91. The fourth-order valence-electron chi connectivity index (χ4n) is 1.73. The van der Waals surface area contributed by atoms with Gasteiger partial charge < -0.3 is 10.1 Å². The molecule has 1 N–H and O–H groups in total. The van der Waals surface area contributed by atoms with Gasteiger partial charge in [-0.25, -0.2) is 4.98 Å². The van der Waals surface area contributed by atoms with Crippen LogP contribution in [-0.2, 0) is 13.2 Å². The molecule has 1 heterocycles. The summed E-state index contributed by atoms with van der Waals surface area (Å²) >= 11 is 7.54. The molecule has 0 unspecified atom stereocenters. The molecule has 0 atom stereocenters. The molecule has 0 bridgehead atoms. The maximum absolute atomic E-state index is 5.91. The van der Waals surface area contributed by atoms with E-state index < -0.39 is 0 Å². The van der Waals surface area contributed by atoms with E-state index in [-0.39, 0.29) is 0 Å². The molecule has 1 aromatic carbocycles. The van der Waals surface area contributed by atoms with Crippen LogP contribution < -0.4 is 10.1 Å². The summed E-state index contributed by atoms with van der Waals surface area (Å²) in [6.45, 7) is 1.35. The third-order valence-electron chi connectivity index (χ3n) is 2.91. The van der Waals surface area contributed by atoms with Gasteiger partial charge >= 0.3 is 0 Å². The second-order valence-corrected chi connectivity index (χ2v) is 6.01. The molecule has 1 aliphatic rings. The van der Waals surface area contributed by atoms with Crippen LogP contribution in [0.15, 0.2) is 29.6 Å². The summed E-state index contributed by atoms with van der Waals surface area (Å²) in [7, 11) is 0. The van der Waals surface area contributed by atoms with Crippen molar-refractivity contribution in [1.82, 2.24) is 10.3 Å². The average molecular weight is 295 g/mol. The minimum absolute atomic E-state index is 0.494. The first-order chi connectivity index (χ1) is 9.29. The van der Waals surface area contributed by atoms with Gasteiger partial charge in [0.05, 0.1) is 5.69 Å². The molecule has 1 saturated carbocycles. The van der Waals surface area contributed by atoms with Gasteiger partial charge in [0, 0.05) is 23.0 Å². The molecular weight excluding hydrogens is 280 g/mol. The van der Waals surface area contributed by atoms with Gasteiger partial charge in [-0.1, -0.05) is 17.7 Å². The predicted molar refractivity (Wildman–Crippen MR) is 77.8 cm³/mol. The number of aromatic nitrogens is 1. The quantitative estimate of drug-likeness (QED) is 0.883. The van der Waals surface area contributed by atoms with Crippen LogP contribution in [0.25, 0.3) is 0 Å². The highest BCUT2D eigenvalue weighted by Crippen LogP contribution is 2.21. The predicted octanol–water partition coefficient (Wildman–Crippen LogP) is 3.63. The summed E-state index contributed by atoms with van der Waals surface area (Å²) in [6, 6.07) is 8.14. The van der Waals surface area contributed by atoms with Gasteiger partial charge in [0.1, 0.15) is 17.4 Å². The maximum Gasteiger partial charge on any atom is 0.140 e. The molecule has 3 rings (SSSR count). The molecule has 3 nitrogen and oxygen atoms in total. The molecule has 0 radical (unpaired) electrons. The standard InChI is InChI=1S/C14H15ClN2OS/c15-10-2-1-3-13(6-10)18-8-14-17-12(9-19-14)7-16-11-4-5-11/h1-3,6,9,11,16H,4-5,7-8H2. The third kappa shape index (κ3) is 3.93. The van der Waals surface area contributed by atoms with E-state index in [1.165, 1.54) is 12.8 Å². The third-order valence-corrected chi connectivity index (χ3v) is 4.01. The van der Waals surface area contributed by atoms with E-state index in [9.17, 15) is 0 Å². The number of nitrogens with zero attached hydrogens (tertiary/aromatic N) is 1. The van der Waals surface area contributed by atoms with E-state index in [2.05, 4.69) is 15.7 Å². The van der Waals surface area contributed by atoms with Crippen molar-refractivity contribution >= 4 is 22.9 Å². The Labute approximate surface area is 121 Å². The Morgan fingerprint density at radius 1 is 1.42 bits per heavy atom. The Balaban J connectivity index is 1.51. The van der Waals surface area contributed by atoms with Crippen LogP contribution in [0.5, 0.6) is 5.75 Å². The largest absolute Gasteiger partial charge is 0.486 e. The first-order valence-corrected chi connectivity index (χ1v) is 7.60. The van der Waals surface area contributed by atoms with Crippen molar-refractivity contribution in [2.24, 2.45) is 0 Å². The highest BCUT2D eigenvalue weighted by Gasteiger charge is 2.20. The van der Waals surface area contributed by atoms with Crippen LogP contribution in [0.4, 0.5) is 0 Å². The molecule has 0 aliphatic heterocycles. The molecule has 1 aliphatic carbocycles. The molecule has 100 valence electrons. The second-order valence-electron chi connectivity index (χ2n) is 4.63. The summed E-state index contributed by atoms with van der Waals surface area (Å²) < 4.78 is 5.67. The monoisotopic (exact) mass is 294 g/mol. The van der Waals surface area contributed by atoms with Gasteiger partial charge in [-0.05, 0) is 31.0 Å². The zero-order chi connectivity index (χ0) is 13.1. The SMILES string of the molecule is Clc1cccc(OCc2nc(CNC3CC3)cs2)c1. The van der Waals surface area contributed by atoms with Gasteiger partial charge in [-0.2, -0.15) is 0 Å². The number of hydrogen-bond donors (Lipinski definition) is 1. The molecule has 2 aromatic rings. The van der Waals surface area contributed by atoms with Crippen LogP contribution in [0.2, 0.25) is 5.02 Å². The molecule has 0 saturated heterocycles. The normalized spacial score (nSPS) is 14.6. The lowest BCUT2D eigenvalue weighted by atomic mass is 10.3. The Morgan fingerprint density at radius 2 is 2.32 bits per heavy atom. The van der Waals surface area contributed by atoms with Crippen molar-refractivity contribution in [2.75, 3.05) is 0 Å². The van der Waals surface area contributed by atoms with E-state index in [4.69, 9.17) is 16.3 Å². The zero-order valence-electron chi connectivity index (χ0n) is 10.4. The van der Waals surface area contributed by atoms with Gasteiger partial charge in [0.15, 0.2) is 0 Å². The van der Waals surface area contributed by atoms with Gasteiger partial charge in [0.2, 0.25) is 0 Å². The van der Waals surface area contributed by atoms with Crippen molar-refractivity contribution in [2.45, 2.75) is 32.0 Å². The molecule has 5 heteroatoms. The van der Waals surface area contributed by atoms with E-state index in [1.54, 1.807) is 11.3 Å². The molecular formula is C14H15ClN2OS. The van der Waals surface area contributed by atoms with Crippen molar-refractivity contribution in [3.05, 3.63) is 45.4 Å².